The fraction of sp³-hybridized carbons (Fsp3) is 0.667. The van der Waals surface area contributed by atoms with E-state index in [-0.39, 0.29) is 0 Å². The molecule has 1 saturated carbocycles. The van der Waals surface area contributed by atoms with Gasteiger partial charge in [0.2, 0.25) is 0 Å². The van der Waals surface area contributed by atoms with Gasteiger partial charge in [0.1, 0.15) is 0 Å². The zero-order chi connectivity index (χ0) is 12.3. The molecule has 0 aromatic carbocycles. The van der Waals surface area contributed by atoms with Crippen molar-refractivity contribution in [1.29, 1.82) is 0 Å². The third-order valence-electron chi connectivity index (χ3n) is 3.14. The molecule has 0 radical (unpaired) electrons. The first-order chi connectivity index (χ1) is 8.27. The highest BCUT2D eigenvalue weighted by Gasteiger charge is 2.34. The molecule has 0 saturated heterocycles. The molecule has 1 heterocycles. The lowest BCUT2D eigenvalue weighted by molar-refractivity contribution is 0.116. The first-order valence-corrected chi connectivity index (χ1v) is 7.62. The Kier molecular flexibility index (Phi) is 4.99. The van der Waals surface area contributed by atoms with Gasteiger partial charge in [-0.05, 0) is 40.2 Å². The second-order valence-electron chi connectivity index (χ2n) is 4.35. The number of nitrogens with zero attached hydrogens (tertiary/aromatic N) is 1. The summed E-state index contributed by atoms with van der Waals surface area (Å²) in [4.78, 5) is 3.84. The third-order valence-corrected chi connectivity index (χ3v) is 5.11. The first kappa shape index (κ1) is 13.5. The van der Waals surface area contributed by atoms with E-state index in [9.17, 15) is 0 Å². The molecule has 2 rings (SSSR count). The summed E-state index contributed by atoms with van der Waals surface area (Å²) in [6.07, 6.45) is 2.59. The van der Waals surface area contributed by atoms with Gasteiger partial charge in [-0.1, -0.05) is 0 Å². The molecule has 1 aromatic rings. The van der Waals surface area contributed by atoms with Crippen LogP contribution in [0.1, 0.15) is 23.8 Å². The minimum atomic E-state index is 0.326. The summed E-state index contributed by atoms with van der Waals surface area (Å²) in [6.45, 7) is 2.41. The van der Waals surface area contributed by atoms with Crippen molar-refractivity contribution in [3.63, 3.8) is 0 Å². The van der Waals surface area contributed by atoms with Gasteiger partial charge in [0, 0.05) is 35.6 Å². The summed E-state index contributed by atoms with van der Waals surface area (Å²) in [5.74, 6) is 0. The van der Waals surface area contributed by atoms with Crippen LogP contribution in [0.3, 0.4) is 0 Å². The molecule has 1 aromatic heterocycles. The molecule has 1 atom stereocenters. The van der Waals surface area contributed by atoms with Gasteiger partial charge in [0.25, 0.3) is 0 Å². The first-order valence-electron chi connectivity index (χ1n) is 5.95. The van der Waals surface area contributed by atoms with Crippen LogP contribution in [0.15, 0.2) is 15.9 Å². The highest BCUT2D eigenvalue weighted by molar-refractivity contribution is 9.10. The summed E-state index contributed by atoms with van der Waals surface area (Å²) in [7, 11) is 1.75. The van der Waals surface area contributed by atoms with Crippen LogP contribution >= 0.6 is 27.3 Å². The topological polar surface area (TPSA) is 38.5 Å². The number of hydrogen-bond donors (Lipinski definition) is 1. The summed E-state index contributed by atoms with van der Waals surface area (Å²) in [6, 6.07) is 3.13. The molecule has 0 aliphatic heterocycles. The second-order valence-corrected chi connectivity index (χ2v) is 6.15. The Morgan fingerprint density at radius 1 is 1.65 bits per heavy atom. The van der Waals surface area contributed by atoms with E-state index < -0.39 is 0 Å². The van der Waals surface area contributed by atoms with Crippen molar-refractivity contribution < 1.29 is 4.74 Å². The quantitative estimate of drug-likeness (QED) is 0.840. The van der Waals surface area contributed by atoms with E-state index in [2.05, 4.69) is 32.3 Å². The maximum Gasteiger partial charge on any atom is 0.0590 e. The zero-order valence-corrected chi connectivity index (χ0v) is 12.5. The van der Waals surface area contributed by atoms with Gasteiger partial charge in [-0.15, -0.1) is 11.3 Å². The van der Waals surface area contributed by atoms with Crippen molar-refractivity contribution in [3.8, 4) is 0 Å². The molecule has 3 nitrogen and oxygen atoms in total. The predicted octanol–water partition coefficient (Wildman–Crippen LogP) is 2.62. The summed E-state index contributed by atoms with van der Waals surface area (Å²) < 4.78 is 6.38. The Labute approximate surface area is 115 Å². The fourth-order valence-electron chi connectivity index (χ4n) is 2.13. The number of rotatable bonds is 7. The minimum absolute atomic E-state index is 0.326. The number of hydrogen-bond acceptors (Lipinski definition) is 4. The lowest BCUT2D eigenvalue weighted by atomic mass is 10.2. The third kappa shape index (κ3) is 3.29. The van der Waals surface area contributed by atoms with Crippen molar-refractivity contribution in [2.24, 2.45) is 5.73 Å². The van der Waals surface area contributed by atoms with Gasteiger partial charge < -0.3 is 10.5 Å². The van der Waals surface area contributed by atoms with Gasteiger partial charge >= 0.3 is 0 Å². The van der Waals surface area contributed by atoms with Crippen LogP contribution in [0.25, 0.3) is 0 Å². The van der Waals surface area contributed by atoms with Crippen molar-refractivity contribution in [2.75, 3.05) is 26.8 Å². The highest BCUT2D eigenvalue weighted by Crippen LogP contribution is 2.38. The van der Waals surface area contributed by atoms with Crippen LogP contribution in [0.2, 0.25) is 0 Å². The molecule has 5 heteroatoms. The molecular formula is C12H19BrN2OS. The van der Waals surface area contributed by atoms with E-state index in [0.29, 0.717) is 18.6 Å². The number of nitrogens with two attached hydrogens (primary N) is 1. The van der Waals surface area contributed by atoms with Crippen molar-refractivity contribution in [1.82, 2.24) is 4.90 Å². The molecule has 1 aliphatic rings. The molecule has 96 valence electrons. The Hall–Kier alpha value is 0.0600. The predicted molar refractivity (Wildman–Crippen MR) is 75.4 cm³/mol. The van der Waals surface area contributed by atoms with Crippen molar-refractivity contribution >= 4 is 27.3 Å². The zero-order valence-electron chi connectivity index (χ0n) is 10.1. The lowest BCUT2D eigenvalue weighted by Crippen LogP contribution is -2.37. The van der Waals surface area contributed by atoms with E-state index in [0.717, 1.165) is 13.2 Å². The van der Waals surface area contributed by atoms with Crippen LogP contribution in [-0.2, 0) is 4.74 Å². The van der Waals surface area contributed by atoms with Gasteiger partial charge in [0.15, 0.2) is 0 Å². The largest absolute Gasteiger partial charge is 0.383 e. The van der Waals surface area contributed by atoms with E-state index in [1.807, 2.05) is 0 Å². The number of methoxy groups -OCH3 is 1. The smallest absolute Gasteiger partial charge is 0.0590 e. The highest BCUT2D eigenvalue weighted by atomic mass is 79.9. The number of thiophene rings is 1. The molecular weight excluding hydrogens is 300 g/mol. The number of ether oxygens (including phenoxy) is 1. The molecule has 1 fully saturated rings. The van der Waals surface area contributed by atoms with Crippen LogP contribution in [0.4, 0.5) is 0 Å². The SMILES string of the molecule is COCCN(C1CC1)C(CN)c1sccc1Br. The summed E-state index contributed by atoms with van der Waals surface area (Å²) in [5, 5.41) is 2.11. The Balaban J connectivity index is 2.11. The molecule has 2 N–H and O–H groups in total. The minimum Gasteiger partial charge on any atom is -0.383 e. The monoisotopic (exact) mass is 318 g/mol. The van der Waals surface area contributed by atoms with Crippen LogP contribution in [0.5, 0.6) is 0 Å². The Morgan fingerprint density at radius 2 is 2.41 bits per heavy atom. The van der Waals surface area contributed by atoms with Crippen LogP contribution in [-0.4, -0.2) is 37.7 Å². The second kappa shape index (κ2) is 6.29. The normalized spacial score (nSPS) is 17.6. The van der Waals surface area contributed by atoms with E-state index >= 15 is 0 Å². The lowest BCUT2D eigenvalue weighted by Gasteiger charge is -2.30. The average Bonchev–Trinajstić information content (AvgIpc) is 3.08. The van der Waals surface area contributed by atoms with E-state index in [1.165, 1.54) is 22.2 Å². The molecule has 17 heavy (non-hydrogen) atoms. The molecule has 1 unspecified atom stereocenters. The van der Waals surface area contributed by atoms with Crippen LogP contribution < -0.4 is 5.73 Å². The fourth-order valence-corrected chi connectivity index (χ4v) is 3.90. The molecule has 1 aliphatic carbocycles. The molecule has 0 bridgehead atoms. The Bertz CT molecular complexity index is 354. The van der Waals surface area contributed by atoms with Gasteiger partial charge in [-0.2, -0.15) is 0 Å². The van der Waals surface area contributed by atoms with Crippen LogP contribution in [0, 0.1) is 0 Å². The maximum absolute atomic E-state index is 5.97. The maximum atomic E-state index is 5.97. The standard InChI is InChI=1S/C12H19BrN2OS/c1-16-6-5-15(9-2-3-9)11(8-14)12-10(13)4-7-17-12/h4,7,9,11H,2-3,5-6,8,14H2,1H3. The Morgan fingerprint density at radius 3 is 2.88 bits per heavy atom. The van der Waals surface area contributed by atoms with Gasteiger partial charge in [-0.25, -0.2) is 0 Å². The van der Waals surface area contributed by atoms with E-state index in [4.69, 9.17) is 10.5 Å². The summed E-state index contributed by atoms with van der Waals surface area (Å²) >= 11 is 5.39. The van der Waals surface area contributed by atoms with Crippen molar-refractivity contribution in [3.05, 3.63) is 20.8 Å². The summed E-state index contributed by atoms with van der Waals surface area (Å²) in [5.41, 5.74) is 5.97. The van der Waals surface area contributed by atoms with Gasteiger partial charge in [0.05, 0.1) is 12.6 Å². The molecule has 0 amide bonds. The van der Waals surface area contributed by atoms with E-state index in [1.54, 1.807) is 18.4 Å². The van der Waals surface area contributed by atoms with Gasteiger partial charge in [-0.3, -0.25) is 4.90 Å². The molecule has 0 spiro atoms. The van der Waals surface area contributed by atoms with Crippen molar-refractivity contribution in [2.45, 2.75) is 24.9 Å². The number of halogens is 1. The average molecular weight is 319 g/mol.